The van der Waals surface area contributed by atoms with E-state index in [1.807, 2.05) is 18.2 Å². The largest absolute Gasteiger partial charge is 0.336 e. The van der Waals surface area contributed by atoms with Crippen molar-refractivity contribution in [2.75, 3.05) is 31.3 Å². The van der Waals surface area contributed by atoms with Gasteiger partial charge in [0.05, 0.1) is 6.67 Å². The molecular weight excluding hydrogens is 370 g/mol. The number of halogens is 1. The Morgan fingerprint density at radius 3 is 2.84 bits per heavy atom. The van der Waals surface area contributed by atoms with Crippen molar-refractivity contribution in [1.29, 1.82) is 0 Å². The Kier molecular flexibility index (Phi) is 6.59. The normalized spacial score (nSPS) is 15.2. The molecule has 2 aromatic rings. The van der Waals surface area contributed by atoms with E-state index in [0.29, 0.717) is 0 Å². The van der Waals surface area contributed by atoms with Crippen LogP contribution in [-0.2, 0) is 6.54 Å². The van der Waals surface area contributed by atoms with Crippen LogP contribution in [-0.4, -0.2) is 40.9 Å². The van der Waals surface area contributed by atoms with E-state index in [1.165, 1.54) is 4.90 Å². The van der Waals surface area contributed by atoms with E-state index in [4.69, 9.17) is 23.8 Å². The Hall–Kier alpha value is -1.27. The van der Waals surface area contributed by atoms with Crippen LogP contribution in [0.15, 0.2) is 53.4 Å². The number of hydrogen-bond donors (Lipinski definition) is 1. The molecule has 1 saturated heterocycles. The van der Waals surface area contributed by atoms with Crippen LogP contribution in [0.5, 0.6) is 0 Å². The fourth-order valence-corrected chi connectivity index (χ4v) is 3.86. The van der Waals surface area contributed by atoms with E-state index in [0.717, 1.165) is 54.1 Å². The van der Waals surface area contributed by atoms with Crippen LogP contribution in [0.25, 0.3) is 0 Å². The molecule has 0 aliphatic carbocycles. The van der Waals surface area contributed by atoms with Crippen molar-refractivity contribution in [3.63, 3.8) is 0 Å². The Labute approximate surface area is 164 Å². The average Bonchev–Trinajstić information content (AvgIpc) is 2.64. The van der Waals surface area contributed by atoms with Crippen molar-refractivity contribution in [3.8, 4) is 0 Å². The number of nitrogens with one attached hydrogen (secondary N) is 1. The van der Waals surface area contributed by atoms with Crippen molar-refractivity contribution in [2.45, 2.75) is 17.9 Å². The topological polar surface area (TPSA) is 18.5 Å². The molecule has 0 amide bonds. The second-order valence-electron chi connectivity index (χ2n) is 6.06. The lowest BCUT2D eigenvalue weighted by atomic mass is 10.2. The van der Waals surface area contributed by atoms with Gasteiger partial charge in [-0.05, 0) is 54.7 Å². The Morgan fingerprint density at radius 1 is 1.20 bits per heavy atom. The Morgan fingerprint density at radius 2 is 2.04 bits per heavy atom. The van der Waals surface area contributed by atoms with E-state index in [-0.39, 0.29) is 0 Å². The highest BCUT2D eigenvalue weighted by atomic mass is 35.5. The van der Waals surface area contributed by atoms with Crippen LogP contribution < -0.4 is 5.32 Å². The molecule has 1 aliphatic heterocycles. The van der Waals surface area contributed by atoms with Gasteiger partial charge in [-0.15, -0.1) is 11.8 Å². The second kappa shape index (κ2) is 8.90. The standard InChI is InChI=1S/C19H22ClN3S2/c1-25-17-8-4-7-16(12-17)21-19(24)23-11-5-10-22(14-23)13-15-6-2-3-9-18(15)20/h2-4,6-9,12H,5,10-11,13-14H2,1H3,(H,21,24). The van der Waals surface area contributed by atoms with Crippen molar-refractivity contribution >= 4 is 46.4 Å². The molecule has 0 atom stereocenters. The molecular formula is C19H22ClN3S2. The molecule has 0 radical (unpaired) electrons. The summed E-state index contributed by atoms with van der Waals surface area (Å²) in [6.45, 7) is 3.71. The molecule has 25 heavy (non-hydrogen) atoms. The van der Waals surface area contributed by atoms with E-state index in [2.05, 4.69) is 51.7 Å². The Bertz CT molecular complexity index is 738. The van der Waals surface area contributed by atoms with Gasteiger partial charge >= 0.3 is 0 Å². The van der Waals surface area contributed by atoms with Crippen molar-refractivity contribution in [2.24, 2.45) is 0 Å². The molecule has 1 fully saturated rings. The van der Waals surface area contributed by atoms with E-state index in [1.54, 1.807) is 11.8 Å². The summed E-state index contributed by atoms with van der Waals surface area (Å²) >= 11 is 13.7. The number of benzene rings is 2. The molecule has 132 valence electrons. The summed E-state index contributed by atoms with van der Waals surface area (Å²) in [7, 11) is 0. The number of rotatable bonds is 4. The lowest BCUT2D eigenvalue weighted by molar-refractivity contribution is 0.134. The first kappa shape index (κ1) is 18.5. The number of anilines is 1. The SMILES string of the molecule is CSc1cccc(NC(=S)N2CCCN(Cc3ccccc3Cl)C2)c1. The van der Waals surface area contributed by atoms with Gasteiger partial charge in [-0.2, -0.15) is 0 Å². The molecule has 1 aliphatic rings. The zero-order chi connectivity index (χ0) is 17.6. The van der Waals surface area contributed by atoms with Gasteiger partial charge < -0.3 is 10.2 Å². The zero-order valence-electron chi connectivity index (χ0n) is 14.2. The number of thioether (sulfide) groups is 1. The minimum Gasteiger partial charge on any atom is -0.336 e. The maximum Gasteiger partial charge on any atom is 0.174 e. The first-order valence-electron chi connectivity index (χ1n) is 8.31. The monoisotopic (exact) mass is 391 g/mol. The van der Waals surface area contributed by atoms with Gasteiger partial charge in [-0.1, -0.05) is 35.9 Å². The van der Waals surface area contributed by atoms with Crippen molar-refractivity contribution in [3.05, 3.63) is 59.1 Å². The number of nitrogens with zero attached hydrogens (tertiary/aromatic N) is 2. The van der Waals surface area contributed by atoms with E-state index >= 15 is 0 Å². The molecule has 0 saturated carbocycles. The third-order valence-electron chi connectivity index (χ3n) is 4.23. The summed E-state index contributed by atoms with van der Waals surface area (Å²) in [5.41, 5.74) is 2.21. The van der Waals surface area contributed by atoms with Crippen molar-refractivity contribution < 1.29 is 0 Å². The highest BCUT2D eigenvalue weighted by molar-refractivity contribution is 7.98. The first-order chi connectivity index (χ1) is 12.2. The van der Waals surface area contributed by atoms with Crippen LogP contribution in [0, 0.1) is 0 Å². The van der Waals surface area contributed by atoms with Gasteiger partial charge in [0.2, 0.25) is 0 Å². The Balaban J connectivity index is 1.60. The van der Waals surface area contributed by atoms with Crippen LogP contribution in [0.2, 0.25) is 5.02 Å². The molecule has 3 nitrogen and oxygen atoms in total. The number of thiocarbonyl (C=S) groups is 1. The minimum absolute atomic E-state index is 0.780. The van der Waals surface area contributed by atoms with E-state index in [9.17, 15) is 0 Å². The molecule has 1 N–H and O–H groups in total. The lowest BCUT2D eigenvalue weighted by Crippen LogP contribution is -2.48. The predicted octanol–water partition coefficient (Wildman–Crippen LogP) is 4.92. The fraction of sp³-hybridized carbons (Fsp3) is 0.316. The maximum absolute atomic E-state index is 6.30. The molecule has 2 aromatic carbocycles. The number of hydrogen-bond acceptors (Lipinski definition) is 3. The molecule has 3 rings (SSSR count). The third kappa shape index (κ3) is 5.11. The highest BCUT2D eigenvalue weighted by Crippen LogP contribution is 2.21. The second-order valence-corrected chi connectivity index (χ2v) is 7.74. The maximum atomic E-state index is 6.30. The third-order valence-corrected chi connectivity index (χ3v) is 5.69. The average molecular weight is 392 g/mol. The van der Waals surface area contributed by atoms with Crippen LogP contribution in [0.1, 0.15) is 12.0 Å². The van der Waals surface area contributed by atoms with Gasteiger partial charge in [0, 0.05) is 35.2 Å². The molecule has 0 bridgehead atoms. The first-order valence-corrected chi connectivity index (χ1v) is 10.3. The van der Waals surface area contributed by atoms with Crippen LogP contribution in [0.3, 0.4) is 0 Å². The quantitative estimate of drug-likeness (QED) is 0.587. The van der Waals surface area contributed by atoms with Gasteiger partial charge in [0.25, 0.3) is 0 Å². The molecule has 0 spiro atoms. The van der Waals surface area contributed by atoms with Crippen molar-refractivity contribution in [1.82, 2.24) is 9.80 Å². The smallest absolute Gasteiger partial charge is 0.174 e. The minimum atomic E-state index is 0.780. The summed E-state index contributed by atoms with van der Waals surface area (Å²) in [6, 6.07) is 16.4. The fourth-order valence-electron chi connectivity index (χ4n) is 2.93. The van der Waals surface area contributed by atoms with Gasteiger partial charge in [0.15, 0.2) is 5.11 Å². The van der Waals surface area contributed by atoms with Gasteiger partial charge in [0.1, 0.15) is 0 Å². The molecule has 0 unspecified atom stereocenters. The van der Waals surface area contributed by atoms with E-state index < -0.39 is 0 Å². The summed E-state index contributed by atoms with van der Waals surface area (Å²) in [6.07, 6.45) is 3.17. The summed E-state index contributed by atoms with van der Waals surface area (Å²) < 4.78 is 0. The summed E-state index contributed by atoms with van der Waals surface area (Å²) in [5, 5.41) is 4.98. The summed E-state index contributed by atoms with van der Waals surface area (Å²) in [4.78, 5) is 5.84. The summed E-state index contributed by atoms with van der Waals surface area (Å²) in [5.74, 6) is 0. The predicted molar refractivity (Wildman–Crippen MR) is 112 cm³/mol. The molecule has 1 heterocycles. The molecule has 6 heteroatoms. The zero-order valence-corrected chi connectivity index (χ0v) is 16.6. The van der Waals surface area contributed by atoms with Gasteiger partial charge in [-0.25, -0.2) is 0 Å². The molecule has 0 aromatic heterocycles. The lowest BCUT2D eigenvalue weighted by Gasteiger charge is -2.37. The van der Waals surface area contributed by atoms with Gasteiger partial charge in [-0.3, -0.25) is 4.90 Å². The van der Waals surface area contributed by atoms with Crippen LogP contribution >= 0.6 is 35.6 Å². The van der Waals surface area contributed by atoms with Crippen LogP contribution in [0.4, 0.5) is 5.69 Å². The highest BCUT2D eigenvalue weighted by Gasteiger charge is 2.20.